The fraction of sp³-hybridized carbons (Fsp3) is 0.333. The van der Waals surface area contributed by atoms with Crippen molar-refractivity contribution < 1.29 is 14.3 Å². The number of hydrogen-bond donors (Lipinski definition) is 1. The highest BCUT2D eigenvalue weighted by Crippen LogP contribution is 2.16. The number of rotatable bonds is 6. The zero-order valence-corrected chi connectivity index (χ0v) is 12.9. The highest BCUT2D eigenvalue weighted by molar-refractivity contribution is 5.94. The fourth-order valence-corrected chi connectivity index (χ4v) is 2.44. The van der Waals surface area contributed by atoms with Gasteiger partial charge in [0, 0.05) is 18.4 Å². The average molecular weight is 312 g/mol. The third kappa shape index (κ3) is 4.53. The van der Waals surface area contributed by atoms with Crippen LogP contribution in [0.1, 0.15) is 28.9 Å². The third-order valence-corrected chi connectivity index (χ3v) is 3.73. The van der Waals surface area contributed by atoms with Gasteiger partial charge in [0.15, 0.2) is 0 Å². The Labute approximate surface area is 135 Å². The van der Waals surface area contributed by atoms with Crippen molar-refractivity contribution in [1.29, 1.82) is 0 Å². The lowest BCUT2D eigenvalue weighted by atomic mass is 10.2. The molecule has 1 amide bonds. The summed E-state index contributed by atoms with van der Waals surface area (Å²) in [6.07, 6.45) is 4.05. The molecular formula is C18H20N2O3. The summed E-state index contributed by atoms with van der Waals surface area (Å²) < 4.78 is 11.2. The number of carbonyl (C=O) groups is 1. The summed E-state index contributed by atoms with van der Waals surface area (Å²) in [7, 11) is 0. The van der Waals surface area contributed by atoms with Crippen molar-refractivity contribution in [3.8, 4) is 5.75 Å². The van der Waals surface area contributed by atoms with Gasteiger partial charge in [-0.3, -0.25) is 9.78 Å². The first-order valence-electron chi connectivity index (χ1n) is 7.84. The second kappa shape index (κ2) is 7.74. The number of nitrogens with zero attached hydrogens (tertiary/aromatic N) is 1. The molecule has 5 nitrogen and oxygen atoms in total. The normalized spacial score (nSPS) is 17.0. The van der Waals surface area contributed by atoms with E-state index in [2.05, 4.69) is 10.3 Å². The molecule has 1 atom stereocenters. The molecule has 2 aromatic rings. The topological polar surface area (TPSA) is 60.5 Å². The van der Waals surface area contributed by atoms with Crippen LogP contribution in [-0.2, 0) is 11.3 Å². The van der Waals surface area contributed by atoms with E-state index in [0.717, 1.165) is 30.9 Å². The third-order valence-electron chi connectivity index (χ3n) is 3.73. The molecule has 5 heteroatoms. The number of benzene rings is 1. The number of ether oxygens (including phenoxy) is 2. The van der Waals surface area contributed by atoms with Crippen molar-refractivity contribution in [2.45, 2.75) is 25.5 Å². The molecule has 120 valence electrons. The van der Waals surface area contributed by atoms with E-state index in [1.165, 1.54) is 0 Å². The van der Waals surface area contributed by atoms with Gasteiger partial charge in [-0.2, -0.15) is 0 Å². The van der Waals surface area contributed by atoms with Crippen LogP contribution < -0.4 is 10.1 Å². The quantitative estimate of drug-likeness (QED) is 0.890. The van der Waals surface area contributed by atoms with E-state index in [1.54, 1.807) is 18.3 Å². The van der Waals surface area contributed by atoms with Crippen molar-refractivity contribution in [1.82, 2.24) is 10.3 Å². The standard InChI is InChI=1S/C18H20N2O3/c21-18(20-12-15-4-1-2-10-19-15)14-6-8-16(9-7-14)23-13-17-5-3-11-22-17/h1-2,4,6-10,17H,3,5,11-13H2,(H,20,21)/t17-/m0/s1. The number of pyridine rings is 1. The molecule has 1 aliphatic heterocycles. The maximum Gasteiger partial charge on any atom is 0.251 e. The van der Waals surface area contributed by atoms with E-state index in [4.69, 9.17) is 9.47 Å². The average Bonchev–Trinajstić information content (AvgIpc) is 3.13. The lowest BCUT2D eigenvalue weighted by Gasteiger charge is -2.11. The SMILES string of the molecule is O=C(NCc1ccccn1)c1ccc(OC[C@@H]2CCCO2)cc1. The fourth-order valence-electron chi connectivity index (χ4n) is 2.44. The van der Waals surface area contributed by atoms with Gasteiger partial charge in [-0.15, -0.1) is 0 Å². The second-order valence-corrected chi connectivity index (χ2v) is 5.47. The number of hydrogen-bond acceptors (Lipinski definition) is 4. The van der Waals surface area contributed by atoms with Gasteiger partial charge in [0.1, 0.15) is 12.4 Å². The summed E-state index contributed by atoms with van der Waals surface area (Å²) in [6.45, 7) is 1.80. The summed E-state index contributed by atoms with van der Waals surface area (Å²) in [5.74, 6) is 0.628. The highest BCUT2D eigenvalue weighted by Gasteiger charge is 2.16. The number of amides is 1. The van der Waals surface area contributed by atoms with E-state index < -0.39 is 0 Å². The Bertz CT molecular complexity index is 622. The van der Waals surface area contributed by atoms with Crippen LogP contribution in [0.25, 0.3) is 0 Å². The Morgan fingerprint density at radius 2 is 2.13 bits per heavy atom. The summed E-state index contributed by atoms with van der Waals surface area (Å²) in [5.41, 5.74) is 1.43. The lowest BCUT2D eigenvalue weighted by Crippen LogP contribution is -2.23. The summed E-state index contributed by atoms with van der Waals surface area (Å²) in [4.78, 5) is 16.3. The van der Waals surface area contributed by atoms with Crippen LogP contribution >= 0.6 is 0 Å². The Balaban J connectivity index is 1.48. The minimum Gasteiger partial charge on any atom is -0.491 e. The Morgan fingerprint density at radius 3 is 2.83 bits per heavy atom. The molecule has 1 fully saturated rings. The van der Waals surface area contributed by atoms with Crippen LogP contribution in [0.3, 0.4) is 0 Å². The minimum atomic E-state index is -0.124. The Kier molecular flexibility index (Phi) is 5.21. The number of nitrogens with one attached hydrogen (secondary N) is 1. The van der Waals surface area contributed by atoms with E-state index in [-0.39, 0.29) is 12.0 Å². The summed E-state index contributed by atoms with van der Waals surface area (Å²) in [5, 5.41) is 2.85. The first kappa shape index (κ1) is 15.5. The first-order valence-corrected chi connectivity index (χ1v) is 7.84. The predicted molar refractivity (Wildman–Crippen MR) is 86.3 cm³/mol. The molecule has 1 N–H and O–H groups in total. The molecule has 0 spiro atoms. The first-order chi connectivity index (χ1) is 11.3. The van der Waals surface area contributed by atoms with Gasteiger partial charge in [0.05, 0.1) is 18.3 Å². The van der Waals surface area contributed by atoms with Gasteiger partial charge in [-0.05, 0) is 49.2 Å². The van der Waals surface area contributed by atoms with E-state index in [9.17, 15) is 4.79 Å². The molecule has 0 bridgehead atoms. The maximum atomic E-state index is 12.1. The summed E-state index contributed by atoms with van der Waals surface area (Å²) in [6, 6.07) is 12.8. The Hall–Kier alpha value is -2.40. The second-order valence-electron chi connectivity index (χ2n) is 5.47. The minimum absolute atomic E-state index is 0.124. The van der Waals surface area contributed by atoms with E-state index in [0.29, 0.717) is 18.7 Å². The molecule has 1 aliphatic rings. The zero-order chi connectivity index (χ0) is 15.9. The molecule has 1 aromatic carbocycles. The lowest BCUT2D eigenvalue weighted by molar-refractivity contribution is 0.0679. The van der Waals surface area contributed by atoms with Gasteiger partial charge >= 0.3 is 0 Å². The molecule has 23 heavy (non-hydrogen) atoms. The van der Waals surface area contributed by atoms with Crippen LogP contribution in [0.4, 0.5) is 0 Å². The zero-order valence-electron chi connectivity index (χ0n) is 12.9. The molecular weight excluding hydrogens is 292 g/mol. The maximum absolute atomic E-state index is 12.1. The van der Waals surface area contributed by atoms with Crippen LogP contribution in [0, 0.1) is 0 Å². The van der Waals surface area contributed by atoms with Crippen LogP contribution in [0.2, 0.25) is 0 Å². The molecule has 2 heterocycles. The molecule has 1 saturated heterocycles. The van der Waals surface area contributed by atoms with Crippen molar-refractivity contribution in [3.63, 3.8) is 0 Å². The van der Waals surface area contributed by atoms with Gasteiger partial charge in [-0.1, -0.05) is 6.07 Å². The van der Waals surface area contributed by atoms with Gasteiger partial charge in [-0.25, -0.2) is 0 Å². The van der Waals surface area contributed by atoms with Crippen LogP contribution in [0.15, 0.2) is 48.7 Å². The molecule has 0 radical (unpaired) electrons. The Morgan fingerprint density at radius 1 is 1.26 bits per heavy atom. The highest BCUT2D eigenvalue weighted by atomic mass is 16.5. The van der Waals surface area contributed by atoms with E-state index >= 15 is 0 Å². The van der Waals surface area contributed by atoms with Crippen molar-refractivity contribution in [2.75, 3.05) is 13.2 Å². The largest absolute Gasteiger partial charge is 0.491 e. The van der Waals surface area contributed by atoms with Crippen molar-refractivity contribution in [2.24, 2.45) is 0 Å². The van der Waals surface area contributed by atoms with Crippen LogP contribution in [-0.4, -0.2) is 30.2 Å². The van der Waals surface area contributed by atoms with E-state index in [1.807, 2.05) is 30.3 Å². The number of carbonyl (C=O) groups excluding carboxylic acids is 1. The van der Waals surface area contributed by atoms with Gasteiger partial charge < -0.3 is 14.8 Å². The van der Waals surface area contributed by atoms with Gasteiger partial charge in [0.2, 0.25) is 0 Å². The molecule has 1 aromatic heterocycles. The molecule has 0 aliphatic carbocycles. The predicted octanol–water partition coefficient (Wildman–Crippen LogP) is 2.57. The monoisotopic (exact) mass is 312 g/mol. The van der Waals surface area contributed by atoms with Crippen LogP contribution in [0.5, 0.6) is 5.75 Å². The van der Waals surface area contributed by atoms with Crippen molar-refractivity contribution in [3.05, 3.63) is 59.9 Å². The van der Waals surface area contributed by atoms with Gasteiger partial charge in [0.25, 0.3) is 5.91 Å². The number of aromatic nitrogens is 1. The smallest absolute Gasteiger partial charge is 0.251 e. The molecule has 0 unspecified atom stereocenters. The molecule has 0 saturated carbocycles. The van der Waals surface area contributed by atoms with Crippen molar-refractivity contribution >= 4 is 5.91 Å². The molecule has 3 rings (SSSR count). The summed E-state index contributed by atoms with van der Waals surface area (Å²) >= 11 is 0.